The first-order valence-electron chi connectivity index (χ1n) is 8.82. The summed E-state index contributed by atoms with van der Waals surface area (Å²) in [6, 6.07) is 0. The summed E-state index contributed by atoms with van der Waals surface area (Å²) in [7, 11) is 1.91. The maximum absolute atomic E-state index is 4.50. The number of aliphatic imine (C=N–C) groups is 1. The van der Waals surface area contributed by atoms with E-state index in [9.17, 15) is 0 Å². The van der Waals surface area contributed by atoms with E-state index in [4.69, 9.17) is 0 Å². The molecule has 0 radical (unpaired) electrons. The standard InChI is InChI=1S/C17H34N4S.HI/c1-15(13-20-8-6-5-7-9-20)12-19-16(18-4)21-10-11-22-17(2,3)14-21;/h15H,5-14H2,1-4H3,(H,18,19);1H. The molecule has 0 spiro atoms. The topological polar surface area (TPSA) is 30.9 Å². The van der Waals surface area contributed by atoms with Crippen LogP contribution in [0.4, 0.5) is 0 Å². The molecule has 6 heteroatoms. The van der Waals surface area contributed by atoms with Gasteiger partial charge in [-0.1, -0.05) is 13.3 Å². The molecule has 1 atom stereocenters. The average molecular weight is 454 g/mol. The molecule has 2 aliphatic heterocycles. The number of halogens is 1. The Hall–Kier alpha value is 0.310. The third-order valence-corrected chi connectivity index (χ3v) is 5.86. The van der Waals surface area contributed by atoms with Gasteiger partial charge in [-0.2, -0.15) is 11.8 Å². The van der Waals surface area contributed by atoms with Crippen molar-refractivity contribution in [2.24, 2.45) is 10.9 Å². The second kappa shape index (κ2) is 10.3. The molecule has 0 amide bonds. The van der Waals surface area contributed by atoms with Gasteiger partial charge in [-0.25, -0.2) is 0 Å². The predicted molar refractivity (Wildman–Crippen MR) is 114 cm³/mol. The van der Waals surface area contributed by atoms with Gasteiger partial charge < -0.3 is 15.1 Å². The molecule has 0 aliphatic carbocycles. The number of piperidine rings is 1. The fourth-order valence-electron chi connectivity index (χ4n) is 3.44. The summed E-state index contributed by atoms with van der Waals surface area (Å²) in [5, 5.41) is 3.61. The highest BCUT2D eigenvalue weighted by Gasteiger charge is 2.28. The van der Waals surface area contributed by atoms with E-state index < -0.39 is 0 Å². The van der Waals surface area contributed by atoms with Crippen LogP contribution in [0, 0.1) is 5.92 Å². The third kappa shape index (κ3) is 7.38. The summed E-state index contributed by atoms with van der Waals surface area (Å²) in [6.07, 6.45) is 4.17. The summed E-state index contributed by atoms with van der Waals surface area (Å²) in [4.78, 5) is 9.55. The quantitative estimate of drug-likeness (QED) is 0.402. The monoisotopic (exact) mass is 454 g/mol. The Morgan fingerprint density at radius 1 is 1.22 bits per heavy atom. The van der Waals surface area contributed by atoms with Crippen LogP contribution < -0.4 is 5.32 Å². The molecule has 2 fully saturated rings. The van der Waals surface area contributed by atoms with Gasteiger partial charge >= 0.3 is 0 Å². The molecule has 136 valence electrons. The fraction of sp³-hybridized carbons (Fsp3) is 0.941. The van der Waals surface area contributed by atoms with E-state index in [0.717, 1.165) is 25.6 Å². The number of nitrogens with one attached hydrogen (secondary N) is 1. The summed E-state index contributed by atoms with van der Waals surface area (Å²) >= 11 is 2.07. The summed E-state index contributed by atoms with van der Waals surface area (Å²) in [5.41, 5.74) is 0. The molecular weight excluding hydrogens is 419 g/mol. The van der Waals surface area contributed by atoms with Crippen LogP contribution in [0.3, 0.4) is 0 Å². The number of guanidine groups is 1. The van der Waals surface area contributed by atoms with Gasteiger partial charge in [0.05, 0.1) is 0 Å². The van der Waals surface area contributed by atoms with Crippen LogP contribution in [0.5, 0.6) is 0 Å². The number of likely N-dealkylation sites (tertiary alicyclic amines) is 1. The molecule has 0 saturated carbocycles. The second-order valence-corrected chi connectivity index (χ2v) is 9.23. The maximum Gasteiger partial charge on any atom is 0.193 e. The molecule has 0 aromatic rings. The van der Waals surface area contributed by atoms with E-state index in [1.54, 1.807) is 0 Å². The van der Waals surface area contributed by atoms with Crippen molar-refractivity contribution in [3.05, 3.63) is 0 Å². The van der Waals surface area contributed by atoms with Crippen LogP contribution in [0.25, 0.3) is 0 Å². The van der Waals surface area contributed by atoms with Crippen molar-refractivity contribution in [2.75, 3.05) is 52.1 Å². The van der Waals surface area contributed by atoms with E-state index in [0.29, 0.717) is 10.7 Å². The average Bonchev–Trinajstić information content (AvgIpc) is 2.48. The van der Waals surface area contributed by atoms with Crippen molar-refractivity contribution < 1.29 is 0 Å². The molecule has 1 N–H and O–H groups in total. The van der Waals surface area contributed by atoms with Crippen LogP contribution in [0.15, 0.2) is 4.99 Å². The number of hydrogen-bond acceptors (Lipinski definition) is 3. The molecule has 2 saturated heterocycles. The Labute approximate surface area is 164 Å². The first-order chi connectivity index (χ1) is 10.5. The first-order valence-corrected chi connectivity index (χ1v) is 9.80. The van der Waals surface area contributed by atoms with Crippen molar-refractivity contribution >= 4 is 41.7 Å². The molecule has 0 bridgehead atoms. The Balaban J connectivity index is 0.00000264. The van der Waals surface area contributed by atoms with Crippen LogP contribution in [-0.4, -0.2) is 72.6 Å². The molecule has 2 rings (SSSR count). The van der Waals surface area contributed by atoms with E-state index >= 15 is 0 Å². The molecule has 0 aromatic carbocycles. The number of thioether (sulfide) groups is 1. The zero-order chi connectivity index (χ0) is 16.0. The van der Waals surface area contributed by atoms with Gasteiger partial charge in [-0.15, -0.1) is 24.0 Å². The molecule has 0 aromatic heterocycles. The largest absolute Gasteiger partial charge is 0.356 e. The minimum absolute atomic E-state index is 0. The van der Waals surface area contributed by atoms with Crippen molar-refractivity contribution in [1.82, 2.24) is 15.1 Å². The maximum atomic E-state index is 4.50. The van der Waals surface area contributed by atoms with Gasteiger partial charge in [0.1, 0.15) is 0 Å². The molecule has 2 aliphatic rings. The Bertz CT molecular complexity index is 370. The van der Waals surface area contributed by atoms with E-state index in [1.807, 2.05) is 7.05 Å². The smallest absolute Gasteiger partial charge is 0.193 e. The summed E-state index contributed by atoms with van der Waals surface area (Å²) < 4.78 is 0.329. The van der Waals surface area contributed by atoms with E-state index in [1.165, 1.54) is 44.6 Å². The molecule has 1 unspecified atom stereocenters. The summed E-state index contributed by atoms with van der Waals surface area (Å²) in [5.74, 6) is 2.94. The van der Waals surface area contributed by atoms with Gasteiger partial charge in [0.15, 0.2) is 5.96 Å². The Morgan fingerprint density at radius 2 is 1.91 bits per heavy atom. The number of rotatable bonds is 4. The minimum atomic E-state index is 0. The molecule has 2 heterocycles. The van der Waals surface area contributed by atoms with Crippen LogP contribution in [0.1, 0.15) is 40.0 Å². The highest BCUT2D eigenvalue weighted by molar-refractivity contribution is 14.0. The van der Waals surface area contributed by atoms with E-state index in [2.05, 4.69) is 52.6 Å². The Morgan fingerprint density at radius 3 is 2.52 bits per heavy atom. The normalized spacial score (nSPS) is 24.0. The van der Waals surface area contributed by atoms with Gasteiger partial charge in [0, 0.05) is 43.7 Å². The number of hydrogen-bond donors (Lipinski definition) is 1. The minimum Gasteiger partial charge on any atom is -0.356 e. The molecular formula is C17H35IN4S. The molecule has 4 nitrogen and oxygen atoms in total. The van der Waals surface area contributed by atoms with Gasteiger partial charge in [-0.3, -0.25) is 4.99 Å². The highest BCUT2D eigenvalue weighted by Crippen LogP contribution is 2.29. The lowest BCUT2D eigenvalue weighted by molar-refractivity contribution is 0.200. The van der Waals surface area contributed by atoms with Crippen molar-refractivity contribution in [3.8, 4) is 0 Å². The van der Waals surface area contributed by atoms with Crippen LogP contribution in [0.2, 0.25) is 0 Å². The van der Waals surface area contributed by atoms with E-state index in [-0.39, 0.29) is 24.0 Å². The van der Waals surface area contributed by atoms with Crippen LogP contribution >= 0.6 is 35.7 Å². The van der Waals surface area contributed by atoms with Crippen molar-refractivity contribution in [1.29, 1.82) is 0 Å². The van der Waals surface area contributed by atoms with Gasteiger partial charge in [0.25, 0.3) is 0 Å². The highest BCUT2D eigenvalue weighted by atomic mass is 127. The lowest BCUT2D eigenvalue weighted by Gasteiger charge is -2.39. The third-order valence-electron chi connectivity index (χ3n) is 4.56. The fourth-order valence-corrected chi connectivity index (χ4v) is 4.55. The lowest BCUT2D eigenvalue weighted by atomic mass is 10.1. The predicted octanol–water partition coefficient (Wildman–Crippen LogP) is 3.13. The Kier molecular flexibility index (Phi) is 9.59. The SMILES string of the molecule is CN=C(NCC(C)CN1CCCCC1)N1CCSC(C)(C)C1.I. The van der Waals surface area contributed by atoms with Gasteiger partial charge in [-0.05, 0) is 45.7 Å². The summed E-state index contributed by atoms with van der Waals surface area (Å²) in [6.45, 7) is 14.0. The van der Waals surface area contributed by atoms with Crippen LogP contribution in [-0.2, 0) is 0 Å². The van der Waals surface area contributed by atoms with Gasteiger partial charge in [0.2, 0.25) is 0 Å². The molecule has 23 heavy (non-hydrogen) atoms. The zero-order valence-corrected chi connectivity index (χ0v) is 18.5. The lowest BCUT2D eigenvalue weighted by Crippen LogP contribution is -2.52. The van der Waals surface area contributed by atoms with Crippen molar-refractivity contribution in [3.63, 3.8) is 0 Å². The second-order valence-electron chi connectivity index (χ2n) is 7.42. The first kappa shape index (κ1) is 21.4. The van der Waals surface area contributed by atoms with Crippen molar-refractivity contribution in [2.45, 2.75) is 44.8 Å². The number of nitrogens with zero attached hydrogens (tertiary/aromatic N) is 3. The zero-order valence-electron chi connectivity index (χ0n) is 15.3.